The summed E-state index contributed by atoms with van der Waals surface area (Å²) in [5.74, 6) is -0.186. The molecule has 3 heterocycles. The molecule has 6 nitrogen and oxygen atoms in total. The molecule has 1 aliphatic heterocycles. The highest BCUT2D eigenvalue weighted by atomic mass is 16.2. The number of likely N-dealkylation sites (tertiary alicyclic amines) is 1. The summed E-state index contributed by atoms with van der Waals surface area (Å²) in [6.45, 7) is 7.45. The van der Waals surface area contributed by atoms with Crippen LogP contribution in [0.2, 0.25) is 0 Å². The molecule has 1 aromatic carbocycles. The van der Waals surface area contributed by atoms with Gasteiger partial charge in [-0.15, -0.1) is 0 Å². The molecule has 0 N–H and O–H groups in total. The Hall–Kier alpha value is -3.28. The summed E-state index contributed by atoms with van der Waals surface area (Å²) in [5, 5.41) is 0. The first-order valence-electron chi connectivity index (χ1n) is 10.7. The van der Waals surface area contributed by atoms with Crippen LogP contribution in [0.15, 0.2) is 59.8 Å². The third-order valence-corrected chi connectivity index (χ3v) is 6.21. The molecule has 1 fully saturated rings. The molecule has 0 radical (unpaired) electrons. The van der Waals surface area contributed by atoms with Crippen molar-refractivity contribution >= 4 is 5.91 Å². The second kappa shape index (κ2) is 8.46. The molecule has 0 bridgehead atoms. The minimum atomic E-state index is -0.278. The fourth-order valence-electron chi connectivity index (χ4n) is 4.37. The van der Waals surface area contributed by atoms with Crippen LogP contribution in [0.1, 0.15) is 52.6 Å². The van der Waals surface area contributed by atoms with E-state index in [0.29, 0.717) is 24.3 Å². The van der Waals surface area contributed by atoms with E-state index < -0.39 is 0 Å². The summed E-state index contributed by atoms with van der Waals surface area (Å²) in [7, 11) is 0. The van der Waals surface area contributed by atoms with Gasteiger partial charge in [-0.05, 0) is 43.9 Å². The number of benzene rings is 1. The van der Waals surface area contributed by atoms with Crippen LogP contribution in [0.4, 0.5) is 0 Å². The Balaban J connectivity index is 1.62. The Kier molecular flexibility index (Phi) is 5.72. The van der Waals surface area contributed by atoms with Crippen LogP contribution in [0.25, 0.3) is 0 Å². The zero-order valence-corrected chi connectivity index (χ0v) is 18.3. The number of amides is 1. The number of carbonyl (C=O) groups is 1. The van der Waals surface area contributed by atoms with Gasteiger partial charge in [-0.1, -0.05) is 37.3 Å². The van der Waals surface area contributed by atoms with Gasteiger partial charge in [0.1, 0.15) is 5.56 Å². The number of hydrogen-bond donors (Lipinski definition) is 0. The Morgan fingerprint density at radius 3 is 2.58 bits per heavy atom. The van der Waals surface area contributed by atoms with E-state index in [9.17, 15) is 9.59 Å². The highest BCUT2D eigenvalue weighted by Crippen LogP contribution is 2.34. The highest BCUT2D eigenvalue weighted by Gasteiger charge is 2.35. The number of nitrogens with zero attached hydrogens (tertiary/aromatic N) is 4. The summed E-state index contributed by atoms with van der Waals surface area (Å²) >= 11 is 0. The summed E-state index contributed by atoms with van der Waals surface area (Å²) in [4.78, 5) is 37.2. The molecule has 0 spiro atoms. The molecule has 1 saturated heterocycles. The number of rotatable bonds is 4. The minimum absolute atomic E-state index is 0.117. The maximum Gasteiger partial charge on any atom is 0.264 e. The Labute approximate surface area is 182 Å². The molecule has 160 valence electrons. The van der Waals surface area contributed by atoms with Gasteiger partial charge in [0, 0.05) is 30.9 Å². The number of carbonyl (C=O) groups excluding carboxylic acids is 1. The van der Waals surface area contributed by atoms with E-state index in [0.717, 1.165) is 18.5 Å². The highest BCUT2D eigenvalue weighted by molar-refractivity contribution is 5.95. The largest absolute Gasteiger partial charge is 0.338 e. The van der Waals surface area contributed by atoms with E-state index in [1.807, 2.05) is 43.0 Å². The van der Waals surface area contributed by atoms with Crippen molar-refractivity contribution in [1.29, 1.82) is 0 Å². The lowest BCUT2D eigenvalue weighted by molar-refractivity contribution is 0.0647. The topological polar surface area (TPSA) is 68.1 Å². The van der Waals surface area contributed by atoms with Gasteiger partial charge in [0.2, 0.25) is 0 Å². The average Bonchev–Trinajstić information content (AvgIpc) is 2.78. The van der Waals surface area contributed by atoms with Gasteiger partial charge in [0.05, 0.1) is 24.1 Å². The number of pyridine rings is 1. The first kappa shape index (κ1) is 21.0. The summed E-state index contributed by atoms with van der Waals surface area (Å²) in [6.07, 6.45) is 7.00. The number of piperidine rings is 1. The number of hydrogen-bond acceptors (Lipinski definition) is 4. The predicted octanol–water partition coefficient (Wildman–Crippen LogP) is 3.50. The van der Waals surface area contributed by atoms with E-state index in [1.54, 1.807) is 23.2 Å². The van der Waals surface area contributed by atoms with Crippen molar-refractivity contribution in [3.8, 4) is 0 Å². The Morgan fingerprint density at radius 2 is 1.87 bits per heavy atom. The maximum atomic E-state index is 13.5. The molecule has 0 aliphatic carbocycles. The van der Waals surface area contributed by atoms with Crippen LogP contribution in [0.3, 0.4) is 0 Å². The fourth-order valence-corrected chi connectivity index (χ4v) is 4.37. The van der Waals surface area contributed by atoms with Crippen molar-refractivity contribution in [2.75, 3.05) is 13.1 Å². The standard InChI is InChI=1S/C25H28N4O2/c1-18-10-13-28(16-21-15-26-19(2)14-27-21)23(30)22(18)24(31)29-12-7-11-25(3,17-29)20-8-5-4-6-9-20/h4-6,8-10,13-15H,7,11-12,16-17H2,1-3H3. The van der Waals surface area contributed by atoms with Gasteiger partial charge in [-0.3, -0.25) is 19.6 Å². The van der Waals surface area contributed by atoms with Gasteiger partial charge in [0.15, 0.2) is 0 Å². The van der Waals surface area contributed by atoms with E-state index >= 15 is 0 Å². The monoisotopic (exact) mass is 416 g/mol. The molecule has 1 amide bonds. The molecule has 0 saturated carbocycles. The lowest BCUT2D eigenvalue weighted by atomic mass is 9.76. The molecular weight excluding hydrogens is 388 g/mol. The van der Waals surface area contributed by atoms with Crippen molar-refractivity contribution in [3.05, 3.63) is 93.4 Å². The van der Waals surface area contributed by atoms with Crippen LogP contribution in [-0.4, -0.2) is 38.4 Å². The van der Waals surface area contributed by atoms with Crippen molar-refractivity contribution in [1.82, 2.24) is 19.4 Å². The molecule has 1 aliphatic rings. The minimum Gasteiger partial charge on any atom is -0.338 e. The molecular formula is C25H28N4O2. The smallest absolute Gasteiger partial charge is 0.264 e. The molecule has 1 atom stereocenters. The van der Waals surface area contributed by atoms with Crippen molar-refractivity contribution in [3.63, 3.8) is 0 Å². The summed E-state index contributed by atoms with van der Waals surface area (Å²) in [5.41, 5.74) is 3.29. The molecule has 4 rings (SSSR count). The van der Waals surface area contributed by atoms with Gasteiger partial charge < -0.3 is 9.47 Å². The third-order valence-electron chi connectivity index (χ3n) is 6.21. The van der Waals surface area contributed by atoms with Crippen molar-refractivity contribution in [2.45, 2.75) is 45.6 Å². The van der Waals surface area contributed by atoms with Gasteiger partial charge in [0.25, 0.3) is 11.5 Å². The van der Waals surface area contributed by atoms with Crippen molar-refractivity contribution < 1.29 is 4.79 Å². The predicted molar refractivity (Wildman–Crippen MR) is 120 cm³/mol. The fraction of sp³-hybridized carbons (Fsp3) is 0.360. The van der Waals surface area contributed by atoms with Gasteiger partial charge in [-0.2, -0.15) is 0 Å². The lowest BCUT2D eigenvalue weighted by Gasteiger charge is -2.41. The zero-order valence-electron chi connectivity index (χ0n) is 18.3. The molecule has 31 heavy (non-hydrogen) atoms. The molecule has 6 heteroatoms. The van der Waals surface area contributed by atoms with Crippen LogP contribution >= 0.6 is 0 Å². The molecule has 1 unspecified atom stereocenters. The lowest BCUT2D eigenvalue weighted by Crippen LogP contribution is -2.48. The van der Waals surface area contributed by atoms with E-state index in [2.05, 4.69) is 29.0 Å². The number of aromatic nitrogens is 3. The van der Waals surface area contributed by atoms with E-state index in [-0.39, 0.29) is 29.0 Å². The van der Waals surface area contributed by atoms with E-state index in [1.165, 1.54) is 5.56 Å². The van der Waals surface area contributed by atoms with Crippen LogP contribution in [-0.2, 0) is 12.0 Å². The number of aryl methyl sites for hydroxylation is 2. The van der Waals surface area contributed by atoms with E-state index in [4.69, 9.17) is 0 Å². The second-order valence-electron chi connectivity index (χ2n) is 8.71. The van der Waals surface area contributed by atoms with Crippen LogP contribution in [0.5, 0.6) is 0 Å². The summed E-state index contributed by atoms with van der Waals surface area (Å²) in [6, 6.07) is 12.2. The maximum absolute atomic E-state index is 13.5. The SMILES string of the molecule is Cc1cnc(Cn2ccc(C)c(C(=O)N3CCCC(C)(c4ccccc4)C3)c2=O)cn1. The normalized spacial score (nSPS) is 18.7. The third kappa shape index (κ3) is 4.29. The van der Waals surface area contributed by atoms with Gasteiger partial charge >= 0.3 is 0 Å². The second-order valence-corrected chi connectivity index (χ2v) is 8.71. The van der Waals surface area contributed by atoms with Crippen LogP contribution < -0.4 is 5.56 Å². The summed E-state index contributed by atoms with van der Waals surface area (Å²) < 4.78 is 1.54. The zero-order chi connectivity index (χ0) is 22.0. The first-order chi connectivity index (χ1) is 14.9. The first-order valence-corrected chi connectivity index (χ1v) is 10.7. The van der Waals surface area contributed by atoms with Gasteiger partial charge in [-0.25, -0.2) is 0 Å². The quantitative estimate of drug-likeness (QED) is 0.653. The van der Waals surface area contributed by atoms with Crippen molar-refractivity contribution in [2.24, 2.45) is 0 Å². The average molecular weight is 417 g/mol. The Bertz CT molecular complexity index is 1140. The van der Waals surface area contributed by atoms with Crippen LogP contribution in [0, 0.1) is 13.8 Å². The molecule has 2 aromatic heterocycles. The Morgan fingerprint density at radius 1 is 1.10 bits per heavy atom. The molecule has 3 aromatic rings.